The summed E-state index contributed by atoms with van der Waals surface area (Å²) >= 11 is 0. The summed E-state index contributed by atoms with van der Waals surface area (Å²) in [6.45, 7) is 3.17. The van der Waals surface area contributed by atoms with Crippen LogP contribution in [0.15, 0.2) is 30.6 Å². The molecule has 0 saturated carbocycles. The molecule has 0 bridgehead atoms. The quantitative estimate of drug-likeness (QED) is 0.930. The summed E-state index contributed by atoms with van der Waals surface area (Å²) < 4.78 is 43.2. The number of anilines is 1. The van der Waals surface area contributed by atoms with Gasteiger partial charge in [-0.2, -0.15) is 13.2 Å². The lowest BCUT2D eigenvalue weighted by Crippen LogP contribution is -2.13. The van der Waals surface area contributed by atoms with Crippen LogP contribution in [0.3, 0.4) is 0 Å². The minimum Gasteiger partial charge on any atom is -0.450 e. The van der Waals surface area contributed by atoms with Crippen molar-refractivity contribution in [3.63, 3.8) is 0 Å². The summed E-state index contributed by atoms with van der Waals surface area (Å²) in [5.74, 6) is 0.00519. The molecule has 23 heavy (non-hydrogen) atoms. The number of carbonyl (C=O) groups excluding carboxylic acids is 1. The van der Waals surface area contributed by atoms with Crippen molar-refractivity contribution in [3.8, 4) is 5.75 Å². The van der Waals surface area contributed by atoms with Crippen LogP contribution in [0.1, 0.15) is 18.1 Å². The number of alkyl halides is 3. The van der Waals surface area contributed by atoms with Crippen LogP contribution in [0, 0.1) is 6.92 Å². The lowest BCUT2D eigenvalue weighted by atomic mass is 10.1. The molecule has 124 valence electrons. The number of carbonyl (C=O) groups is 1. The third-order valence-corrected chi connectivity index (χ3v) is 2.86. The molecule has 6 nitrogen and oxygen atoms in total. The second-order valence-electron chi connectivity index (χ2n) is 4.49. The van der Waals surface area contributed by atoms with Crippen molar-refractivity contribution in [2.45, 2.75) is 20.0 Å². The molecule has 0 spiro atoms. The predicted octanol–water partition coefficient (Wildman–Crippen LogP) is 3.62. The molecule has 1 amide bonds. The molecule has 1 aromatic carbocycles. The van der Waals surface area contributed by atoms with Crippen molar-refractivity contribution < 1.29 is 27.5 Å². The normalized spacial score (nSPS) is 11.2. The van der Waals surface area contributed by atoms with E-state index in [2.05, 4.69) is 10.4 Å². The van der Waals surface area contributed by atoms with Crippen LogP contribution < -0.4 is 10.2 Å². The third-order valence-electron chi connectivity index (χ3n) is 2.86. The molecule has 0 aliphatic rings. The Kier molecular flexibility index (Phi) is 4.77. The highest BCUT2D eigenvalue weighted by molar-refractivity contribution is 5.84. The number of halogens is 3. The SMILES string of the molecule is CCOC(=O)Nc1cnn(Oc2cccc(C(F)(F)F)c2C)c1. The number of nitrogens with one attached hydrogen (secondary N) is 1. The first kappa shape index (κ1) is 16.7. The first-order valence-electron chi connectivity index (χ1n) is 6.65. The van der Waals surface area contributed by atoms with Crippen molar-refractivity contribution in [1.82, 2.24) is 9.94 Å². The molecule has 2 rings (SSSR count). The van der Waals surface area contributed by atoms with Gasteiger partial charge in [-0.25, -0.2) is 4.79 Å². The zero-order valence-corrected chi connectivity index (χ0v) is 12.3. The van der Waals surface area contributed by atoms with E-state index in [1.54, 1.807) is 6.92 Å². The van der Waals surface area contributed by atoms with E-state index in [4.69, 9.17) is 9.57 Å². The molecule has 2 aromatic rings. The minimum absolute atomic E-state index is 0.00519. The van der Waals surface area contributed by atoms with E-state index >= 15 is 0 Å². The smallest absolute Gasteiger partial charge is 0.416 e. The van der Waals surface area contributed by atoms with Gasteiger partial charge in [-0.1, -0.05) is 10.9 Å². The van der Waals surface area contributed by atoms with Crippen molar-refractivity contribution in [1.29, 1.82) is 0 Å². The summed E-state index contributed by atoms with van der Waals surface area (Å²) in [5.41, 5.74) is -0.560. The van der Waals surface area contributed by atoms with Crippen LogP contribution in [-0.2, 0) is 10.9 Å². The first-order valence-corrected chi connectivity index (χ1v) is 6.65. The second kappa shape index (κ2) is 6.59. The highest BCUT2D eigenvalue weighted by Crippen LogP contribution is 2.35. The van der Waals surface area contributed by atoms with Crippen LogP contribution in [-0.4, -0.2) is 22.6 Å². The van der Waals surface area contributed by atoms with Crippen molar-refractivity contribution in [3.05, 3.63) is 41.7 Å². The molecule has 1 aromatic heterocycles. The Morgan fingerprint density at radius 3 is 2.78 bits per heavy atom. The minimum atomic E-state index is -4.47. The van der Waals surface area contributed by atoms with E-state index < -0.39 is 17.8 Å². The predicted molar refractivity (Wildman–Crippen MR) is 75.1 cm³/mol. The number of benzene rings is 1. The summed E-state index contributed by atoms with van der Waals surface area (Å²) in [6.07, 6.45) is -2.55. The van der Waals surface area contributed by atoms with E-state index in [1.165, 1.54) is 31.5 Å². The highest BCUT2D eigenvalue weighted by Gasteiger charge is 2.33. The van der Waals surface area contributed by atoms with Crippen molar-refractivity contribution in [2.24, 2.45) is 0 Å². The summed E-state index contributed by atoms with van der Waals surface area (Å²) in [4.78, 5) is 17.5. The number of aromatic nitrogens is 2. The third kappa shape index (κ3) is 4.15. The van der Waals surface area contributed by atoms with Gasteiger partial charge in [0.1, 0.15) is 0 Å². The summed E-state index contributed by atoms with van der Waals surface area (Å²) in [5, 5.41) is 6.20. The van der Waals surface area contributed by atoms with E-state index in [0.29, 0.717) is 0 Å². The lowest BCUT2D eigenvalue weighted by Gasteiger charge is -2.13. The molecule has 0 unspecified atom stereocenters. The molecule has 0 aliphatic carbocycles. The zero-order valence-electron chi connectivity index (χ0n) is 12.3. The Morgan fingerprint density at radius 1 is 1.39 bits per heavy atom. The van der Waals surface area contributed by atoms with Gasteiger partial charge in [0.05, 0.1) is 30.3 Å². The van der Waals surface area contributed by atoms with Crippen molar-refractivity contribution >= 4 is 11.8 Å². The van der Waals surface area contributed by atoms with Gasteiger partial charge in [-0.05, 0) is 26.0 Å². The average Bonchev–Trinajstić information content (AvgIpc) is 2.87. The fourth-order valence-corrected chi connectivity index (χ4v) is 1.83. The van der Waals surface area contributed by atoms with Crippen LogP contribution in [0.4, 0.5) is 23.7 Å². The van der Waals surface area contributed by atoms with Gasteiger partial charge < -0.3 is 9.57 Å². The number of amides is 1. The standard InChI is InChI=1S/C14H14F3N3O3/c1-3-22-13(21)19-10-7-18-20(8-10)23-12-6-4-5-11(9(12)2)14(15,16)17/h4-8H,3H2,1-2H3,(H,19,21). The van der Waals surface area contributed by atoms with Crippen LogP contribution in [0.2, 0.25) is 0 Å². The highest BCUT2D eigenvalue weighted by atomic mass is 19.4. The second-order valence-corrected chi connectivity index (χ2v) is 4.49. The Balaban J connectivity index is 2.14. The van der Waals surface area contributed by atoms with Gasteiger partial charge in [0.15, 0.2) is 5.75 Å². The Morgan fingerprint density at radius 2 is 2.13 bits per heavy atom. The van der Waals surface area contributed by atoms with Gasteiger partial charge in [0.2, 0.25) is 0 Å². The van der Waals surface area contributed by atoms with Gasteiger partial charge in [0, 0.05) is 5.56 Å². The van der Waals surface area contributed by atoms with E-state index in [-0.39, 0.29) is 23.6 Å². The Hall–Kier alpha value is -2.71. The Labute approximate surface area is 129 Å². The van der Waals surface area contributed by atoms with E-state index in [0.717, 1.165) is 10.9 Å². The van der Waals surface area contributed by atoms with Gasteiger partial charge in [0.25, 0.3) is 0 Å². The molecule has 0 aliphatic heterocycles. The lowest BCUT2D eigenvalue weighted by molar-refractivity contribution is -0.138. The molecule has 0 saturated heterocycles. The molecule has 0 radical (unpaired) electrons. The number of ether oxygens (including phenoxy) is 1. The molecular weight excluding hydrogens is 315 g/mol. The maximum absolute atomic E-state index is 12.8. The largest absolute Gasteiger partial charge is 0.450 e. The number of hydrogen-bond acceptors (Lipinski definition) is 4. The van der Waals surface area contributed by atoms with Gasteiger partial charge >= 0.3 is 12.3 Å². The average molecular weight is 329 g/mol. The fraction of sp³-hybridized carbons (Fsp3) is 0.286. The molecule has 1 N–H and O–H groups in total. The van der Waals surface area contributed by atoms with E-state index in [9.17, 15) is 18.0 Å². The number of rotatable bonds is 4. The van der Waals surface area contributed by atoms with Crippen LogP contribution in [0.25, 0.3) is 0 Å². The van der Waals surface area contributed by atoms with E-state index in [1.807, 2.05) is 0 Å². The molecular formula is C14H14F3N3O3. The van der Waals surface area contributed by atoms with Gasteiger partial charge in [-0.3, -0.25) is 5.32 Å². The fourth-order valence-electron chi connectivity index (χ4n) is 1.83. The molecule has 0 atom stereocenters. The summed E-state index contributed by atoms with van der Waals surface area (Å²) in [7, 11) is 0. The maximum Gasteiger partial charge on any atom is 0.416 e. The van der Waals surface area contributed by atoms with Crippen molar-refractivity contribution in [2.75, 3.05) is 11.9 Å². The zero-order chi connectivity index (χ0) is 17.0. The topological polar surface area (TPSA) is 65.4 Å². The Bertz CT molecular complexity index is 698. The number of hydrogen-bond donors (Lipinski definition) is 1. The first-order chi connectivity index (χ1) is 10.8. The maximum atomic E-state index is 12.8. The number of nitrogens with zero attached hydrogens (tertiary/aromatic N) is 2. The molecule has 1 heterocycles. The van der Waals surface area contributed by atoms with Crippen LogP contribution >= 0.6 is 0 Å². The van der Waals surface area contributed by atoms with Gasteiger partial charge in [-0.15, -0.1) is 5.10 Å². The summed E-state index contributed by atoms with van der Waals surface area (Å²) in [6, 6.07) is 3.61. The molecule has 0 fully saturated rings. The van der Waals surface area contributed by atoms with Crippen LogP contribution in [0.5, 0.6) is 5.75 Å². The molecule has 9 heteroatoms. The monoisotopic (exact) mass is 329 g/mol.